The van der Waals surface area contributed by atoms with Gasteiger partial charge in [0.1, 0.15) is 4.47 Å². The quantitative estimate of drug-likeness (QED) is 0.643. The summed E-state index contributed by atoms with van der Waals surface area (Å²) < 4.78 is 0.444. The lowest BCUT2D eigenvalue weighted by molar-refractivity contribution is -0.385. The summed E-state index contributed by atoms with van der Waals surface area (Å²) in [5, 5.41) is 14.1. The van der Waals surface area contributed by atoms with E-state index in [0.717, 1.165) is 32.7 Å². The Kier molecular flexibility index (Phi) is 5.27. The Morgan fingerprint density at radius 2 is 2.15 bits per heavy atom. The average molecular weight is 344 g/mol. The molecule has 1 aromatic heterocycles. The molecule has 2 rings (SSSR count). The first-order valence-electron chi connectivity index (χ1n) is 6.51. The van der Waals surface area contributed by atoms with E-state index in [-0.39, 0.29) is 5.69 Å². The van der Waals surface area contributed by atoms with Crippen LogP contribution in [0, 0.1) is 10.1 Å². The SMILES string of the molecule is CN1CCN(CCNc2nccc(Br)c2[N+](=O)[O-])CC1. The average Bonchev–Trinajstić information content (AvgIpc) is 2.40. The highest BCUT2D eigenvalue weighted by molar-refractivity contribution is 9.10. The minimum atomic E-state index is -0.421. The van der Waals surface area contributed by atoms with E-state index in [2.05, 4.69) is 43.1 Å². The zero-order valence-electron chi connectivity index (χ0n) is 11.4. The van der Waals surface area contributed by atoms with Gasteiger partial charge in [-0.3, -0.25) is 15.0 Å². The summed E-state index contributed by atoms with van der Waals surface area (Å²) >= 11 is 3.19. The van der Waals surface area contributed by atoms with Crippen LogP contribution in [0.2, 0.25) is 0 Å². The van der Waals surface area contributed by atoms with Crippen molar-refractivity contribution in [2.75, 3.05) is 51.6 Å². The van der Waals surface area contributed by atoms with E-state index in [9.17, 15) is 10.1 Å². The van der Waals surface area contributed by atoms with Gasteiger partial charge in [-0.05, 0) is 29.0 Å². The smallest absolute Gasteiger partial charge is 0.325 e. The molecule has 1 fully saturated rings. The van der Waals surface area contributed by atoms with Gasteiger partial charge in [-0.1, -0.05) is 0 Å². The van der Waals surface area contributed by atoms with E-state index in [1.165, 1.54) is 0 Å². The third-order valence-corrected chi connectivity index (χ3v) is 4.01. The Morgan fingerprint density at radius 3 is 2.80 bits per heavy atom. The van der Waals surface area contributed by atoms with Crippen molar-refractivity contribution in [3.05, 3.63) is 26.9 Å². The summed E-state index contributed by atoms with van der Waals surface area (Å²) in [4.78, 5) is 19.3. The Bertz CT molecular complexity index is 477. The van der Waals surface area contributed by atoms with Crippen LogP contribution < -0.4 is 5.32 Å². The van der Waals surface area contributed by atoms with Crippen molar-refractivity contribution in [2.24, 2.45) is 0 Å². The molecule has 0 aliphatic carbocycles. The topological polar surface area (TPSA) is 74.5 Å². The van der Waals surface area contributed by atoms with Gasteiger partial charge in [-0.15, -0.1) is 0 Å². The normalized spacial score (nSPS) is 17.1. The molecule has 2 heterocycles. The number of rotatable bonds is 5. The van der Waals surface area contributed by atoms with Crippen molar-refractivity contribution in [2.45, 2.75) is 0 Å². The molecular weight excluding hydrogens is 326 g/mol. The van der Waals surface area contributed by atoms with E-state index < -0.39 is 4.92 Å². The van der Waals surface area contributed by atoms with Crippen LogP contribution in [-0.2, 0) is 0 Å². The van der Waals surface area contributed by atoms with Crippen LogP contribution in [0.15, 0.2) is 16.7 Å². The van der Waals surface area contributed by atoms with Crippen molar-refractivity contribution in [3.8, 4) is 0 Å². The summed E-state index contributed by atoms with van der Waals surface area (Å²) in [6.45, 7) is 5.70. The number of piperazine rings is 1. The van der Waals surface area contributed by atoms with E-state index >= 15 is 0 Å². The Balaban J connectivity index is 1.88. The van der Waals surface area contributed by atoms with Crippen molar-refractivity contribution >= 4 is 27.4 Å². The van der Waals surface area contributed by atoms with Crippen LogP contribution in [0.4, 0.5) is 11.5 Å². The van der Waals surface area contributed by atoms with E-state index in [1.807, 2.05) is 0 Å². The van der Waals surface area contributed by atoms with Gasteiger partial charge in [0.15, 0.2) is 0 Å². The predicted molar refractivity (Wildman–Crippen MR) is 81.0 cm³/mol. The summed E-state index contributed by atoms with van der Waals surface area (Å²) in [5.41, 5.74) is -0.00845. The molecule has 8 heteroatoms. The van der Waals surface area contributed by atoms with Crippen LogP contribution in [-0.4, -0.2) is 66.0 Å². The van der Waals surface area contributed by atoms with E-state index in [1.54, 1.807) is 12.3 Å². The van der Waals surface area contributed by atoms with Crippen LogP contribution >= 0.6 is 15.9 Å². The van der Waals surface area contributed by atoms with Gasteiger partial charge in [-0.2, -0.15) is 0 Å². The largest absolute Gasteiger partial charge is 0.363 e. The zero-order chi connectivity index (χ0) is 14.5. The summed E-state index contributed by atoms with van der Waals surface area (Å²) in [7, 11) is 2.12. The zero-order valence-corrected chi connectivity index (χ0v) is 13.0. The highest BCUT2D eigenvalue weighted by Gasteiger charge is 2.19. The fourth-order valence-electron chi connectivity index (χ4n) is 2.14. The number of aromatic nitrogens is 1. The molecule has 0 atom stereocenters. The summed E-state index contributed by atoms with van der Waals surface area (Å²) in [5.74, 6) is 0.318. The predicted octanol–water partition coefficient (Wildman–Crippen LogP) is 1.41. The van der Waals surface area contributed by atoms with Gasteiger partial charge in [0, 0.05) is 45.5 Å². The number of pyridine rings is 1. The van der Waals surface area contributed by atoms with Crippen molar-refractivity contribution in [1.82, 2.24) is 14.8 Å². The molecule has 1 saturated heterocycles. The van der Waals surface area contributed by atoms with Crippen molar-refractivity contribution in [1.29, 1.82) is 0 Å². The van der Waals surface area contributed by atoms with Crippen LogP contribution in [0.5, 0.6) is 0 Å². The fourth-order valence-corrected chi connectivity index (χ4v) is 2.59. The molecule has 0 spiro atoms. The molecule has 20 heavy (non-hydrogen) atoms. The first kappa shape index (κ1) is 15.1. The van der Waals surface area contributed by atoms with Gasteiger partial charge in [0.2, 0.25) is 5.82 Å². The van der Waals surface area contributed by atoms with Crippen LogP contribution in [0.25, 0.3) is 0 Å². The lowest BCUT2D eigenvalue weighted by Crippen LogP contribution is -2.45. The van der Waals surface area contributed by atoms with Gasteiger partial charge in [0.05, 0.1) is 4.92 Å². The van der Waals surface area contributed by atoms with Crippen LogP contribution in [0.1, 0.15) is 0 Å². The van der Waals surface area contributed by atoms with E-state index in [4.69, 9.17) is 0 Å². The number of nitrogens with zero attached hydrogens (tertiary/aromatic N) is 4. The molecule has 0 radical (unpaired) electrons. The lowest BCUT2D eigenvalue weighted by Gasteiger charge is -2.32. The number of hydrogen-bond acceptors (Lipinski definition) is 6. The standard InChI is InChI=1S/C12H18BrN5O2/c1-16-6-8-17(9-7-16)5-4-15-12-11(18(19)20)10(13)2-3-14-12/h2-3H,4-9H2,1H3,(H,14,15). The molecule has 1 aromatic rings. The Morgan fingerprint density at radius 1 is 1.45 bits per heavy atom. The van der Waals surface area contributed by atoms with Crippen molar-refractivity contribution < 1.29 is 4.92 Å². The van der Waals surface area contributed by atoms with Gasteiger partial charge in [0.25, 0.3) is 0 Å². The number of likely N-dealkylation sites (N-methyl/N-ethyl adjacent to an activating group) is 1. The molecule has 1 aliphatic rings. The van der Waals surface area contributed by atoms with Gasteiger partial charge < -0.3 is 10.2 Å². The molecule has 0 amide bonds. The lowest BCUT2D eigenvalue weighted by atomic mass is 10.3. The highest BCUT2D eigenvalue weighted by atomic mass is 79.9. The molecule has 0 aromatic carbocycles. The monoisotopic (exact) mass is 343 g/mol. The number of hydrogen-bond donors (Lipinski definition) is 1. The van der Waals surface area contributed by atoms with Gasteiger partial charge >= 0.3 is 5.69 Å². The molecule has 1 aliphatic heterocycles. The second-order valence-corrected chi connectivity index (χ2v) is 5.67. The minimum absolute atomic E-state index is 0.00845. The minimum Gasteiger partial charge on any atom is -0.363 e. The highest BCUT2D eigenvalue weighted by Crippen LogP contribution is 2.30. The fraction of sp³-hybridized carbons (Fsp3) is 0.583. The Hall–Kier alpha value is -1.25. The third kappa shape index (κ3) is 3.87. The number of nitro groups is 1. The first-order valence-corrected chi connectivity index (χ1v) is 7.31. The molecule has 0 saturated carbocycles. The number of halogens is 1. The Labute approximate surface area is 126 Å². The second-order valence-electron chi connectivity index (χ2n) is 4.82. The molecule has 110 valence electrons. The van der Waals surface area contributed by atoms with Crippen molar-refractivity contribution in [3.63, 3.8) is 0 Å². The van der Waals surface area contributed by atoms with Gasteiger partial charge in [-0.25, -0.2) is 4.98 Å². The third-order valence-electron chi connectivity index (χ3n) is 3.37. The maximum absolute atomic E-state index is 11.0. The summed E-state index contributed by atoms with van der Waals surface area (Å²) in [6.07, 6.45) is 1.55. The van der Waals surface area contributed by atoms with Crippen LogP contribution in [0.3, 0.4) is 0 Å². The molecule has 7 nitrogen and oxygen atoms in total. The first-order chi connectivity index (χ1) is 9.58. The maximum atomic E-state index is 11.0. The number of nitrogens with one attached hydrogen (secondary N) is 1. The second kappa shape index (κ2) is 6.96. The number of anilines is 1. The molecule has 0 bridgehead atoms. The summed E-state index contributed by atoms with van der Waals surface area (Å²) in [6, 6.07) is 1.57. The maximum Gasteiger partial charge on any atom is 0.325 e. The molecular formula is C12H18BrN5O2. The van der Waals surface area contributed by atoms with E-state index in [0.29, 0.717) is 16.8 Å². The molecule has 0 unspecified atom stereocenters. The molecule has 1 N–H and O–H groups in total.